The summed E-state index contributed by atoms with van der Waals surface area (Å²) in [7, 11) is 0. The summed E-state index contributed by atoms with van der Waals surface area (Å²) in [5, 5.41) is 12.5. The Hall–Kier alpha value is -1.54. The number of nitrogens with zero attached hydrogens (tertiary/aromatic N) is 2. The summed E-state index contributed by atoms with van der Waals surface area (Å²) in [6, 6.07) is 5.88. The Labute approximate surface area is 107 Å². The lowest BCUT2D eigenvalue weighted by atomic mass is 10.3. The SMILES string of the molecule is CCCNC(=S)N(CCC#N)Cc1ccco1. The van der Waals surface area contributed by atoms with Crippen LogP contribution in [-0.4, -0.2) is 23.1 Å². The molecule has 0 aliphatic carbocycles. The maximum Gasteiger partial charge on any atom is 0.169 e. The van der Waals surface area contributed by atoms with Crippen LogP contribution in [0.2, 0.25) is 0 Å². The van der Waals surface area contributed by atoms with E-state index in [1.165, 1.54) is 0 Å². The van der Waals surface area contributed by atoms with Gasteiger partial charge in [0.05, 0.1) is 25.3 Å². The van der Waals surface area contributed by atoms with Crippen molar-refractivity contribution in [3.05, 3.63) is 24.2 Å². The number of thiocarbonyl (C=S) groups is 1. The smallest absolute Gasteiger partial charge is 0.169 e. The summed E-state index contributed by atoms with van der Waals surface area (Å²) in [5.41, 5.74) is 0. The largest absolute Gasteiger partial charge is 0.467 e. The molecule has 0 saturated heterocycles. The molecule has 1 rings (SSSR count). The van der Waals surface area contributed by atoms with Crippen LogP contribution in [0.25, 0.3) is 0 Å². The first-order chi connectivity index (χ1) is 8.27. The molecular weight excluding hydrogens is 234 g/mol. The fraction of sp³-hybridized carbons (Fsp3) is 0.500. The second kappa shape index (κ2) is 7.69. The number of rotatable bonds is 6. The van der Waals surface area contributed by atoms with E-state index >= 15 is 0 Å². The highest BCUT2D eigenvalue weighted by Crippen LogP contribution is 2.06. The Kier molecular flexibility index (Phi) is 6.12. The van der Waals surface area contributed by atoms with Crippen molar-refractivity contribution in [3.8, 4) is 6.07 Å². The van der Waals surface area contributed by atoms with Gasteiger partial charge < -0.3 is 14.6 Å². The first-order valence-electron chi connectivity index (χ1n) is 5.70. The lowest BCUT2D eigenvalue weighted by molar-refractivity contribution is 0.362. The van der Waals surface area contributed by atoms with Crippen LogP contribution in [0.4, 0.5) is 0 Å². The van der Waals surface area contributed by atoms with Gasteiger partial charge in [-0.2, -0.15) is 5.26 Å². The molecule has 0 spiro atoms. The Morgan fingerprint density at radius 2 is 2.47 bits per heavy atom. The van der Waals surface area contributed by atoms with E-state index < -0.39 is 0 Å². The van der Waals surface area contributed by atoms with Gasteiger partial charge in [0.15, 0.2) is 5.11 Å². The normalized spacial score (nSPS) is 9.65. The van der Waals surface area contributed by atoms with Crippen LogP contribution in [0.3, 0.4) is 0 Å². The molecule has 0 aliphatic rings. The highest BCUT2D eigenvalue weighted by Gasteiger charge is 2.10. The third-order valence-electron chi connectivity index (χ3n) is 2.23. The van der Waals surface area contributed by atoms with Crippen LogP contribution in [0.5, 0.6) is 0 Å². The summed E-state index contributed by atoms with van der Waals surface area (Å²) in [5.74, 6) is 0.851. The van der Waals surface area contributed by atoms with E-state index in [4.69, 9.17) is 21.9 Å². The average Bonchev–Trinajstić information content (AvgIpc) is 2.84. The third kappa shape index (κ3) is 4.87. The number of nitrogens with one attached hydrogen (secondary N) is 1. The maximum absolute atomic E-state index is 8.64. The first kappa shape index (κ1) is 13.5. The highest BCUT2D eigenvalue weighted by molar-refractivity contribution is 7.80. The Balaban J connectivity index is 2.53. The number of furan rings is 1. The zero-order valence-electron chi connectivity index (χ0n) is 9.98. The van der Waals surface area contributed by atoms with Crippen LogP contribution in [-0.2, 0) is 6.54 Å². The fourth-order valence-electron chi connectivity index (χ4n) is 1.37. The van der Waals surface area contributed by atoms with Crippen LogP contribution >= 0.6 is 12.2 Å². The quantitative estimate of drug-likeness (QED) is 0.786. The van der Waals surface area contributed by atoms with E-state index in [2.05, 4.69) is 18.3 Å². The summed E-state index contributed by atoms with van der Waals surface area (Å²) in [4.78, 5) is 1.95. The molecular formula is C12H17N3OS. The number of hydrogen-bond donors (Lipinski definition) is 1. The second-order valence-corrected chi connectivity index (χ2v) is 4.03. The van der Waals surface area contributed by atoms with Gasteiger partial charge >= 0.3 is 0 Å². The topological polar surface area (TPSA) is 52.2 Å². The van der Waals surface area contributed by atoms with E-state index in [9.17, 15) is 0 Å². The van der Waals surface area contributed by atoms with Crippen molar-refractivity contribution >= 4 is 17.3 Å². The first-order valence-corrected chi connectivity index (χ1v) is 6.10. The molecule has 0 atom stereocenters. The van der Waals surface area contributed by atoms with Crippen molar-refractivity contribution in [2.75, 3.05) is 13.1 Å². The van der Waals surface area contributed by atoms with Gasteiger partial charge in [0.25, 0.3) is 0 Å². The molecule has 5 heteroatoms. The molecule has 0 amide bonds. The molecule has 1 heterocycles. The number of hydrogen-bond acceptors (Lipinski definition) is 3. The standard InChI is InChI=1S/C12H17N3OS/c1-2-7-14-12(17)15(8-4-6-13)10-11-5-3-9-16-11/h3,5,9H,2,4,7-8,10H2,1H3,(H,14,17). The molecule has 0 fully saturated rings. The summed E-state index contributed by atoms with van der Waals surface area (Å²) < 4.78 is 5.29. The molecule has 1 aromatic heterocycles. The average molecular weight is 251 g/mol. The van der Waals surface area contributed by atoms with Crippen molar-refractivity contribution < 1.29 is 4.42 Å². The molecule has 1 N–H and O–H groups in total. The molecule has 0 aliphatic heterocycles. The van der Waals surface area contributed by atoms with Gasteiger partial charge in [-0.25, -0.2) is 0 Å². The molecule has 0 radical (unpaired) electrons. The lowest BCUT2D eigenvalue weighted by Gasteiger charge is -2.23. The molecule has 0 bridgehead atoms. The van der Waals surface area contributed by atoms with Gasteiger partial charge in [-0.1, -0.05) is 6.92 Å². The summed E-state index contributed by atoms with van der Waals surface area (Å²) in [6.07, 6.45) is 3.11. The lowest BCUT2D eigenvalue weighted by Crippen LogP contribution is -2.40. The van der Waals surface area contributed by atoms with E-state index in [-0.39, 0.29) is 0 Å². The minimum atomic E-state index is 0.453. The maximum atomic E-state index is 8.64. The molecule has 0 aromatic carbocycles. The van der Waals surface area contributed by atoms with Gasteiger partial charge in [0, 0.05) is 13.1 Å². The Morgan fingerprint density at radius 1 is 1.65 bits per heavy atom. The van der Waals surface area contributed by atoms with Gasteiger partial charge in [-0.3, -0.25) is 0 Å². The van der Waals surface area contributed by atoms with Gasteiger partial charge in [-0.05, 0) is 30.8 Å². The molecule has 17 heavy (non-hydrogen) atoms. The van der Waals surface area contributed by atoms with Gasteiger partial charge in [-0.15, -0.1) is 0 Å². The molecule has 92 valence electrons. The predicted molar refractivity (Wildman–Crippen MR) is 70.2 cm³/mol. The van der Waals surface area contributed by atoms with Crippen molar-refractivity contribution in [2.45, 2.75) is 26.3 Å². The van der Waals surface area contributed by atoms with Crippen molar-refractivity contribution in [1.82, 2.24) is 10.2 Å². The second-order valence-electron chi connectivity index (χ2n) is 3.64. The highest BCUT2D eigenvalue weighted by atomic mass is 32.1. The van der Waals surface area contributed by atoms with Crippen LogP contribution < -0.4 is 5.32 Å². The Morgan fingerprint density at radius 3 is 3.06 bits per heavy atom. The van der Waals surface area contributed by atoms with Gasteiger partial charge in [0.2, 0.25) is 0 Å². The zero-order valence-corrected chi connectivity index (χ0v) is 10.8. The summed E-state index contributed by atoms with van der Waals surface area (Å²) >= 11 is 5.29. The molecule has 0 saturated carbocycles. The van der Waals surface area contributed by atoms with Crippen LogP contribution in [0.1, 0.15) is 25.5 Å². The van der Waals surface area contributed by atoms with E-state index in [0.717, 1.165) is 18.7 Å². The molecule has 4 nitrogen and oxygen atoms in total. The van der Waals surface area contributed by atoms with E-state index in [0.29, 0.717) is 24.6 Å². The third-order valence-corrected chi connectivity index (χ3v) is 2.64. The molecule has 1 aromatic rings. The predicted octanol–water partition coefficient (Wildman–Crippen LogP) is 2.28. The molecule has 0 unspecified atom stereocenters. The monoisotopic (exact) mass is 251 g/mol. The van der Waals surface area contributed by atoms with E-state index in [1.807, 2.05) is 17.0 Å². The van der Waals surface area contributed by atoms with Crippen molar-refractivity contribution in [1.29, 1.82) is 5.26 Å². The minimum absolute atomic E-state index is 0.453. The fourth-order valence-corrected chi connectivity index (χ4v) is 1.63. The van der Waals surface area contributed by atoms with E-state index in [1.54, 1.807) is 6.26 Å². The van der Waals surface area contributed by atoms with Crippen LogP contribution in [0, 0.1) is 11.3 Å². The minimum Gasteiger partial charge on any atom is -0.467 e. The zero-order chi connectivity index (χ0) is 12.5. The number of nitriles is 1. The summed E-state index contributed by atoms with van der Waals surface area (Å²) in [6.45, 7) is 4.15. The van der Waals surface area contributed by atoms with Crippen molar-refractivity contribution in [3.63, 3.8) is 0 Å². The van der Waals surface area contributed by atoms with Crippen molar-refractivity contribution in [2.24, 2.45) is 0 Å². The Bertz CT molecular complexity index is 370. The van der Waals surface area contributed by atoms with Crippen LogP contribution in [0.15, 0.2) is 22.8 Å². The van der Waals surface area contributed by atoms with Gasteiger partial charge in [0.1, 0.15) is 5.76 Å².